The maximum Gasteiger partial charge on any atom is 0.254 e. The number of carbonyl (C=O) groups excluding carboxylic acids is 2. The van der Waals surface area contributed by atoms with Crippen LogP contribution in [0.15, 0.2) is 60.7 Å². The van der Waals surface area contributed by atoms with E-state index in [0.717, 1.165) is 17.1 Å². The second-order valence-electron chi connectivity index (χ2n) is 9.21. The van der Waals surface area contributed by atoms with E-state index in [9.17, 15) is 14.0 Å². The summed E-state index contributed by atoms with van der Waals surface area (Å²) in [6.07, 6.45) is 0.714. The molecule has 0 radical (unpaired) electrons. The molecule has 36 heavy (non-hydrogen) atoms. The highest BCUT2D eigenvalue weighted by Crippen LogP contribution is 2.20. The van der Waals surface area contributed by atoms with Gasteiger partial charge in [-0.15, -0.1) is 10.2 Å². The SMILES string of the molecule is CC[C@@H](C)N(CC(=O)N1CCN(c2ccc(-c3ccc(C)cc3)nn2)CC1)C(=O)c1ccc(F)cc1. The van der Waals surface area contributed by atoms with Crippen molar-refractivity contribution in [2.24, 2.45) is 0 Å². The average molecular weight is 490 g/mol. The van der Waals surface area contributed by atoms with E-state index >= 15 is 0 Å². The molecule has 4 rings (SSSR count). The van der Waals surface area contributed by atoms with E-state index in [0.29, 0.717) is 38.2 Å². The third kappa shape index (κ3) is 5.87. The third-order valence-corrected chi connectivity index (χ3v) is 6.73. The molecule has 8 heteroatoms. The number of piperazine rings is 1. The van der Waals surface area contributed by atoms with Gasteiger partial charge < -0.3 is 14.7 Å². The number of halogens is 1. The predicted molar refractivity (Wildman–Crippen MR) is 138 cm³/mol. The number of hydrogen-bond donors (Lipinski definition) is 0. The van der Waals surface area contributed by atoms with Crippen molar-refractivity contribution in [3.05, 3.63) is 77.6 Å². The van der Waals surface area contributed by atoms with Crippen molar-refractivity contribution in [3.8, 4) is 11.3 Å². The fourth-order valence-corrected chi connectivity index (χ4v) is 4.21. The van der Waals surface area contributed by atoms with Crippen LogP contribution in [0.4, 0.5) is 10.2 Å². The van der Waals surface area contributed by atoms with E-state index in [4.69, 9.17) is 0 Å². The first-order valence-electron chi connectivity index (χ1n) is 12.4. The molecule has 0 spiro atoms. The van der Waals surface area contributed by atoms with Gasteiger partial charge in [-0.3, -0.25) is 9.59 Å². The molecule has 1 saturated heterocycles. The maximum absolute atomic E-state index is 13.3. The van der Waals surface area contributed by atoms with E-state index in [-0.39, 0.29) is 24.4 Å². The maximum atomic E-state index is 13.3. The number of anilines is 1. The molecule has 2 aromatic carbocycles. The highest BCUT2D eigenvalue weighted by Gasteiger charge is 2.28. The summed E-state index contributed by atoms with van der Waals surface area (Å²) in [5.41, 5.74) is 3.42. The number of nitrogens with zero attached hydrogens (tertiary/aromatic N) is 5. The van der Waals surface area contributed by atoms with Crippen LogP contribution in [-0.2, 0) is 4.79 Å². The van der Waals surface area contributed by atoms with Crippen LogP contribution in [0.5, 0.6) is 0 Å². The summed E-state index contributed by atoms with van der Waals surface area (Å²) in [5, 5.41) is 8.80. The van der Waals surface area contributed by atoms with Crippen LogP contribution in [0, 0.1) is 12.7 Å². The van der Waals surface area contributed by atoms with Crippen LogP contribution in [0.3, 0.4) is 0 Å². The molecule has 0 aliphatic carbocycles. The summed E-state index contributed by atoms with van der Waals surface area (Å²) in [4.78, 5) is 31.7. The summed E-state index contributed by atoms with van der Waals surface area (Å²) >= 11 is 0. The summed E-state index contributed by atoms with van der Waals surface area (Å²) in [6.45, 7) is 8.30. The number of carbonyl (C=O) groups is 2. The Labute approximate surface area is 211 Å². The van der Waals surface area contributed by atoms with Gasteiger partial charge in [-0.25, -0.2) is 4.39 Å². The Morgan fingerprint density at radius 2 is 1.61 bits per heavy atom. The van der Waals surface area contributed by atoms with Crippen molar-refractivity contribution in [1.82, 2.24) is 20.0 Å². The van der Waals surface area contributed by atoms with E-state index in [2.05, 4.69) is 27.2 Å². The van der Waals surface area contributed by atoms with Gasteiger partial charge in [0.1, 0.15) is 12.4 Å². The summed E-state index contributed by atoms with van der Waals surface area (Å²) in [7, 11) is 0. The summed E-state index contributed by atoms with van der Waals surface area (Å²) < 4.78 is 13.3. The van der Waals surface area contributed by atoms with Crippen LogP contribution >= 0.6 is 0 Å². The van der Waals surface area contributed by atoms with Crippen LogP contribution < -0.4 is 4.90 Å². The largest absolute Gasteiger partial charge is 0.352 e. The number of aryl methyl sites for hydroxylation is 1. The Morgan fingerprint density at radius 3 is 2.19 bits per heavy atom. The minimum atomic E-state index is -0.398. The monoisotopic (exact) mass is 489 g/mol. The molecule has 1 fully saturated rings. The fourth-order valence-electron chi connectivity index (χ4n) is 4.21. The van der Waals surface area contributed by atoms with E-state index in [1.165, 1.54) is 29.8 Å². The summed E-state index contributed by atoms with van der Waals surface area (Å²) in [6, 6.07) is 17.4. The first kappa shape index (κ1) is 25.3. The van der Waals surface area contributed by atoms with Crippen molar-refractivity contribution < 1.29 is 14.0 Å². The lowest BCUT2D eigenvalue weighted by molar-refractivity contribution is -0.132. The molecule has 188 valence electrons. The second-order valence-corrected chi connectivity index (χ2v) is 9.21. The molecular formula is C28H32FN5O2. The molecule has 1 aliphatic rings. The highest BCUT2D eigenvalue weighted by molar-refractivity contribution is 5.96. The van der Waals surface area contributed by atoms with Gasteiger partial charge in [0.05, 0.1) is 5.69 Å². The number of rotatable bonds is 7. The van der Waals surface area contributed by atoms with E-state index in [1.54, 1.807) is 9.80 Å². The molecule has 0 saturated carbocycles. The van der Waals surface area contributed by atoms with Gasteiger partial charge >= 0.3 is 0 Å². The zero-order valence-electron chi connectivity index (χ0n) is 21.0. The van der Waals surface area contributed by atoms with Gasteiger partial charge in [0, 0.05) is 43.3 Å². The van der Waals surface area contributed by atoms with Crippen molar-refractivity contribution in [1.29, 1.82) is 0 Å². The molecule has 0 unspecified atom stereocenters. The predicted octanol–water partition coefficient (Wildman–Crippen LogP) is 4.18. The topological polar surface area (TPSA) is 69.6 Å². The van der Waals surface area contributed by atoms with E-state index < -0.39 is 5.82 Å². The Morgan fingerprint density at radius 1 is 0.944 bits per heavy atom. The normalized spacial score (nSPS) is 14.4. The van der Waals surface area contributed by atoms with Crippen LogP contribution in [0.1, 0.15) is 36.2 Å². The van der Waals surface area contributed by atoms with Crippen LogP contribution in [-0.4, -0.2) is 70.6 Å². The lowest BCUT2D eigenvalue weighted by Crippen LogP contribution is -2.53. The van der Waals surface area contributed by atoms with Crippen molar-refractivity contribution in [2.45, 2.75) is 33.2 Å². The Bertz CT molecular complexity index is 1170. The third-order valence-electron chi connectivity index (χ3n) is 6.73. The molecule has 1 aromatic heterocycles. The van der Waals surface area contributed by atoms with Gasteiger partial charge in [-0.05, 0) is 56.7 Å². The molecule has 0 N–H and O–H groups in total. The first-order chi connectivity index (χ1) is 17.4. The van der Waals surface area contributed by atoms with Gasteiger partial charge in [-0.2, -0.15) is 0 Å². The molecule has 2 heterocycles. The molecule has 2 amide bonds. The van der Waals surface area contributed by atoms with Gasteiger partial charge in [0.25, 0.3) is 5.91 Å². The Hall–Kier alpha value is -3.81. The molecular weight excluding hydrogens is 457 g/mol. The quantitative estimate of drug-likeness (QED) is 0.498. The highest BCUT2D eigenvalue weighted by atomic mass is 19.1. The lowest BCUT2D eigenvalue weighted by atomic mass is 10.1. The Balaban J connectivity index is 1.35. The summed E-state index contributed by atoms with van der Waals surface area (Å²) in [5.74, 6) is 0.0299. The molecule has 0 bridgehead atoms. The molecule has 1 aliphatic heterocycles. The molecule has 3 aromatic rings. The number of hydrogen-bond acceptors (Lipinski definition) is 5. The van der Waals surface area contributed by atoms with E-state index in [1.807, 2.05) is 45.0 Å². The second kappa shape index (κ2) is 11.3. The lowest BCUT2D eigenvalue weighted by Gasteiger charge is -2.37. The van der Waals surface area contributed by atoms with Crippen LogP contribution in [0.25, 0.3) is 11.3 Å². The number of aromatic nitrogens is 2. The first-order valence-corrected chi connectivity index (χ1v) is 12.4. The van der Waals surface area contributed by atoms with Crippen molar-refractivity contribution in [2.75, 3.05) is 37.6 Å². The van der Waals surface area contributed by atoms with Gasteiger partial charge in [0.15, 0.2) is 5.82 Å². The van der Waals surface area contributed by atoms with Crippen molar-refractivity contribution >= 4 is 17.6 Å². The standard InChI is InChI=1S/C28H32FN5O2/c1-4-21(3)34(28(36)23-9-11-24(29)12-10-23)19-27(35)33-17-15-32(16-18-33)26-14-13-25(30-31-26)22-7-5-20(2)6-8-22/h5-14,21H,4,15-19H2,1-3H3/t21-/m1/s1. The minimum Gasteiger partial charge on any atom is -0.352 e. The molecule has 1 atom stereocenters. The molecule has 7 nitrogen and oxygen atoms in total. The number of amides is 2. The smallest absolute Gasteiger partial charge is 0.254 e. The van der Waals surface area contributed by atoms with Crippen molar-refractivity contribution in [3.63, 3.8) is 0 Å². The zero-order valence-corrected chi connectivity index (χ0v) is 21.0. The van der Waals surface area contributed by atoms with Gasteiger partial charge in [-0.1, -0.05) is 36.8 Å². The fraction of sp³-hybridized carbons (Fsp3) is 0.357. The average Bonchev–Trinajstić information content (AvgIpc) is 2.92. The number of benzene rings is 2. The van der Waals surface area contributed by atoms with Gasteiger partial charge in [0.2, 0.25) is 5.91 Å². The Kier molecular flexibility index (Phi) is 7.93. The minimum absolute atomic E-state index is 0.00370. The van der Waals surface area contributed by atoms with Crippen LogP contribution in [0.2, 0.25) is 0 Å². The zero-order chi connectivity index (χ0) is 25.7.